The van der Waals surface area contributed by atoms with E-state index in [1.807, 2.05) is 23.6 Å². The first-order valence-corrected chi connectivity index (χ1v) is 6.73. The molecule has 0 saturated carbocycles. The summed E-state index contributed by atoms with van der Waals surface area (Å²) in [6.45, 7) is 0.469. The van der Waals surface area contributed by atoms with E-state index in [0.29, 0.717) is 6.54 Å². The molecule has 0 aliphatic heterocycles. The third kappa shape index (κ3) is 1.99. The number of benzene rings is 1. The largest absolute Gasteiger partial charge is 0.337 e. The molecule has 4 nitrogen and oxygen atoms in total. The van der Waals surface area contributed by atoms with Gasteiger partial charge in [-0.2, -0.15) is 0 Å². The minimum atomic E-state index is 0.469. The van der Waals surface area contributed by atoms with Crippen molar-refractivity contribution in [1.82, 2.24) is 15.0 Å². The van der Waals surface area contributed by atoms with Gasteiger partial charge in [0.05, 0.1) is 11.0 Å². The molecule has 0 unspecified atom stereocenters. The molecule has 2 heterocycles. The van der Waals surface area contributed by atoms with E-state index < -0.39 is 0 Å². The van der Waals surface area contributed by atoms with E-state index >= 15 is 0 Å². The van der Waals surface area contributed by atoms with Gasteiger partial charge in [0.25, 0.3) is 0 Å². The van der Waals surface area contributed by atoms with Crippen molar-refractivity contribution in [3.63, 3.8) is 0 Å². The molecule has 86 valence electrons. The number of fused-ring (bicyclic) bond motifs is 1. The molecular weight excluding hydrogens is 300 g/mol. The normalized spacial score (nSPS) is 11.2. The summed E-state index contributed by atoms with van der Waals surface area (Å²) in [7, 11) is 0. The molecule has 1 aromatic carbocycles. The summed E-state index contributed by atoms with van der Waals surface area (Å²) in [5, 5.41) is 2.89. The number of imidazole rings is 1. The van der Waals surface area contributed by atoms with E-state index in [4.69, 9.17) is 5.73 Å². The molecule has 3 rings (SSSR count). The Labute approximate surface area is 110 Å². The lowest BCUT2D eigenvalue weighted by Crippen LogP contribution is -1.94. The third-order valence-electron chi connectivity index (χ3n) is 2.41. The van der Waals surface area contributed by atoms with Gasteiger partial charge in [-0.3, -0.25) is 0 Å². The Balaban J connectivity index is 2.11. The molecule has 3 N–H and O–H groups in total. The topological polar surface area (TPSA) is 67.6 Å². The zero-order valence-corrected chi connectivity index (χ0v) is 11.2. The maximum Gasteiger partial charge on any atom is 0.158 e. The lowest BCUT2D eigenvalue weighted by Gasteiger charge is -1.88. The molecule has 0 saturated heterocycles. The van der Waals surface area contributed by atoms with Gasteiger partial charge < -0.3 is 10.7 Å². The SMILES string of the molecule is NCc1nc(-c2nc3ccc(Br)cc3[nH]2)cs1. The van der Waals surface area contributed by atoms with Gasteiger partial charge in [-0.05, 0) is 18.2 Å². The average Bonchev–Trinajstić information content (AvgIpc) is 2.93. The first-order valence-electron chi connectivity index (χ1n) is 5.06. The van der Waals surface area contributed by atoms with Crippen molar-refractivity contribution in [2.45, 2.75) is 6.54 Å². The van der Waals surface area contributed by atoms with E-state index in [1.165, 1.54) is 0 Å². The molecule has 0 atom stereocenters. The molecule has 3 aromatic rings. The van der Waals surface area contributed by atoms with Crippen LogP contribution in [0.15, 0.2) is 28.1 Å². The quantitative estimate of drug-likeness (QED) is 0.765. The maximum atomic E-state index is 5.55. The van der Waals surface area contributed by atoms with E-state index in [9.17, 15) is 0 Å². The molecule has 0 aliphatic carbocycles. The molecule has 2 aromatic heterocycles. The molecule has 17 heavy (non-hydrogen) atoms. The van der Waals surface area contributed by atoms with Gasteiger partial charge in [-0.25, -0.2) is 9.97 Å². The number of H-pyrrole nitrogens is 1. The summed E-state index contributed by atoms with van der Waals surface area (Å²) in [5.74, 6) is 0.786. The molecular formula is C11H9BrN4S. The van der Waals surface area contributed by atoms with Crippen LogP contribution in [0.3, 0.4) is 0 Å². The van der Waals surface area contributed by atoms with Gasteiger partial charge in [-0.15, -0.1) is 11.3 Å². The summed E-state index contributed by atoms with van der Waals surface area (Å²) >= 11 is 4.99. The second kappa shape index (κ2) is 4.21. The fourth-order valence-electron chi connectivity index (χ4n) is 1.62. The Kier molecular flexibility index (Phi) is 2.70. The lowest BCUT2D eigenvalue weighted by molar-refractivity contribution is 1.04. The Morgan fingerprint density at radius 3 is 3.00 bits per heavy atom. The fourth-order valence-corrected chi connectivity index (χ4v) is 2.64. The van der Waals surface area contributed by atoms with Crippen molar-refractivity contribution in [3.8, 4) is 11.5 Å². The number of rotatable bonds is 2. The first-order chi connectivity index (χ1) is 8.26. The van der Waals surface area contributed by atoms with Crippen LogP contribution in [0.4, 0.5) is 0 Å². The Hall–Kier alpha value is -1.24. The van der Waals surface area contributed by atoms with E-state index in [1.54, 1.807) is 11.3 Å². The van der Waals surface area contributed by atoms with Gasteiger partial charge in [-0.1, -0.05) is 15.9 Å². The third-order valence-corrected chi connectivity index (χ3v) is 3.78. The van der Waals surface area contributed by atoms with Crippen LogP contribution in [0, 0.1) is 0 Å². The fraction of sp³-hybridized carbons (Fsp3) is 0.0909. The van der Waals surface area contributed by atoms with E-state index in [2.05, 4.69) is 30.9 Å². The van der Waals surface area contributed by atoms with Crippen LogP contribution in [0.2, 0.25) is 0 Å². The number of thiazole rings is 1. The van der Waals surface area contributed by atoms with Crippen molar-refractivity contribution in [1.29, 1.82) is 0 Å². The van der Waals surface area contributed by atoms with Crippen LogP contribution in [-0.4, -0.2) is 15.0 Å². The van der Waals surface area contributed by atoms with E-state index in [0.717, 1.165) is 32.0 Å². The van der Waals surface area contributed by atoms with Gasteiger partial charge in [0.15, 0.2) is 5.82 Å². The summed E-state index contributed by atoms with van der Waals surface area (Å²) in [4.78, 5) is 12.2. The van der Waals surface area contributed by atoms with E-state index in [-0.39, 0.29) is 0 Å². The average molecular weight is 309 g/mol. The minimum Gasteiger partial charge on any atom is -0.337 e. The zero-order valence-electron chi connectivity index (χ0n) is 8.77. The van der Waals surface area contributed by atoms with Crippen molar-refractivity contribution in [2.75, 3.05) is 0 Å². The molecule has 0 amide bonds. The number of nitrogens with two attached hydrogens (primary N) is 1. The number of halogens is 1. The molecule has 0 aliphatic rings. The van der Waals surface area contributed by atoms with Crippen LogP contribution in [0.1, 0.15) is 5.01 Å². The number of nitrogens with one attached hydrogen (secondary N) is 1. The van der Waals surface area contributed by atoms with Crippen LogP contribution in [0.5, 0.6) is 0 Å². The van der Waals surface area contributed by atoms with Gasteiger partial charge in [0, 0.05) is 16.4 Å². The second-order valence-corrected chi connectivity index (χ2v) is 5.44. The molecule has 0 fully saturated rings. The predicted octanol–water partition coefficient (Wildman–Crippen LogP) is 2.91. The minimum absolute atomic E-state index is 0.469. The first kappa shape index (κ1) is 10.9. The lowest BCUT2D eigenvalue weighted by atomic mass is 10.3. The highest BCUT2D eigenvalue weighted by molar-refractivity contribution is 9.10. The smallest absolute Gasteiger partial charge is 0.158 e. The highest BCUT2D eigenvalue weighted by Gasteiger charge is 2.08. The molecule has 0 spiro atoms. The van der Waals surface area contributed by atoms with Gasteiger partial charge in [0.2, 0.25) is 0 Å². The van der Waals surface area contributed by atoms with Crippen LogP contribution < -0.4 is 5.73 Å². The maximum absolute atomic E-state index is 5.55. The number of hydrogen-bond acceptors (Lipinski definition) is 4. The number of aromatic nitrogens is 3. The number of hydrogen-bond donors (Lipinski definition) is 2. The van der Waals surface area contributed by atoms with Gasteiger partial charge in [0.1, 0.15) is 10.7 Å². The monoisotopic (exact) mass is 308 g/mol. The van der Waals surface area contributed by atoms with Crippen LogP contribution in [-0.2, 0) is 6.54 Å². The highest BCUT2D eigenvalue weighted by atomic mass is 79.9. The van der Waals surface area contributed by atoms with Crippen LogP contribution in [0.25, 0.3) is 22.6 Å². The standard InChI is InChI=1S/C11H9BrN4S/c12-6-1-2-7-8(3-6)16-11(15-7)9-5-17-10(4-13)14-9/h1-3,5H,4,13H2,(H,15,16). The number of aromatic amines is 1. The Morgan fingerprint density at radius 2 is 2.24 bits per heavy atom. The van der Waals surface area contributed by atoms with Crippen LogP contribution >= 0.6 is 27.3 Å². The molecule has 0 radical (unpaired) electrons. The van der Waals surface area contributed by atoms with Crippen molar-refractivity contribution >= 4 is 38.3 Å². The van der Waals surface area contributed by atoms with Gasteiger partial charge >= 0.3 is 0 Å². The van der Waals surface area contributed by atoms with Crippen molar-refractivity contribution in [3.05, 3.63) is 33.1 Å². The summed E-state index contributed by atoms with van der Waals surface area (Å²) in [6.07, 6.45) is 0. The molecule has 0 bridgehead atoms. The highest BCUT2D eigenvalue weighted by Crippen LogP contribution is 2.24. The summed E-state index contributed by atoms with van der Waals surface area (Å²) < 4.78 is 1.03. The predicted molar refractivity (Wildman–Crippen MR) is 72.8 cm³/mol. The van der Waals surface area contributed by atoms with Crippen molar-refractivity contribution < 1.29 is 0 Å². The Bertz CT molecular complexity index is 673. The zero-order chi connectivity index (χ0) is 11.8. The molecule has 6 heteroatoms. The van der Waals surface area contributed by atoms with Crippen molar-refractivity contribution in [2.24, 2.45) is 5.73 Å². The summed E-state index contributed by atoms with van der Waals surface area (Å²) in [6, 6.07) is 5.94. The number of nitrogens with zero attached hydrogens (tertiary/aromatic N) is 2. The summed E-state index contributed by atoms with van der Waals surface area (Å²) in [5.41, 5.74) is 8.33. The Morgan fingerprint density at radius 1 is 1.35 bits per heavy atom. The second-order valence-electron chi connectivity index (χ2n) is 3.58.